The Hall–Kier alpha value is -1.61. The van der Waals surface area contributed by atoms with Crippen LogP contribution in [0.15, 0.2) is 24.3 Å². The van der Waals surface area contributed by atoms with Crippen molar-refractivity contribution in [3.8, 4) is 5.75 Å². The second-order valence-corrected chi connectivity index (χ2v) is 5.24. The number of nitrogens with zero attached hydrogens (tertiary/aromatic N) is 2. The lowest BCUT2D eigenvalue weighted by Gasteiger charge is -2.13. The van der Waals surface area contributed by atoms with Gasteiger partial charge in [-0.25, -0.2) is 0 Å². The molecule has 0 N–H and O–H groups in total. The Morgan fingerprint density at radius 1 is 1.21 bits per heavy atom. The number of hydrogen-bond acceptors (Lipinski definition) is 3. The number of rotatable bonds is 5. The zero-order valence-corrected chi connectivity index (χ0v) is 12.2. The van der Waals surface area contributed by atoms with Crippen LogP contribution < -0.4 is 4.74 Å². The lowest BCUT2D eigenvalue weighted by molar-refractivity contribution is 0.284. The third-order valence-corrected chi connectivity index (χ3v) is 3.14. The van der Waals surface area contributed by atoms with Gasteiger partial charge in [-0.1, -0.05) is 12.1 Å². The van der Waals surface area contributed by atoms with Crippen LogP contribution in [0.2, 0.25) is 0 Å². The molecule has 3 heteroatoms. The van der Waals surface area contributed by atoms with Gasteiger partial charge in [-0.3, -0.25) is 4.98 Å². The van der Waals surface area contributed by atoms with Gasteiger partial charge in [-0.05, 0) is 46.0 Å². The molecular weight excluding hydrogens is 236 g/mol. The molecule has 1 aromatic heterocycles. The Morgan fingerprint density at radius 2 is 2.00 bits per heavy atom. The standard InChI is InChI=1S/C16H22N2O/c1-12-7-5-8-14-15(11-13(2)17-16(12)14)19-10-6-9-18(3)4/h5,7-8,11H,6,9-10H2,1-4H3. The van der Waals surface area contributed by atoms with Crippen LogP contribution in [-0.4, -0.2) is 37.1 Å². The summed E-state index contributed by atoms with van der Waals surface area (Å²) >= 11 is 0. The molecule has 19 heavy (non-hydrogen) atoms. The van der Waals surface area contributed by atoms with Gasteiger partial charge in [0.1, 0.15) is 5.75 Å². The van der Waals surface area contributed by atoms with Crippen LogP contribution in [0.4, 0.5) is 0 Å². The van der Waals surface area contributed by atoms with Gasteiger partial charge < -0.3 is 9.64 Å². The lowest BCUT2D eigenvalue weighted by Crippen LogP contribution is -2.15. The first-order valence-electron chi connectivity index (χ1n) is 6.72. The van der Waals surface area contributed by atoms with Gasteiger partial charge in [-0.15, -0.1) is 0 Å². The van der Waals surface area contributed by atoms with Crippen molar-refractivity contribution in [3.63, 3.8) is 0 Å². The Morgan fingerprint density at radius 3 is 2.74 bits per heavy atom. The molecule has 0 radical (unpaired) electrons. The predicted octanol–water partition coefficient (Wildman–Crippen LogP) is 3.18. The summed E-state index contributed by atoms with van der Waals surface area (Å²) in [5, 5.41) is 1.11. The van der Waals surface area contributed by atoms with E-state index in [1.54, 1.807) is 0 Å². The highest BCUT2D eigenvalue weighted by molar-refractivity contribution is 5.87. The minimum absolute atomic E-state index is 0.741. The van der Waals surface area contributed by atoms with Crippen LogP contribution >= 0.6 is 0 Å². The van der Waals surface area contributed by atoms with E-state index in [9.17, 15) is 0 Å². The molecule has 0 unspecified atom stereocenters. The van der Waals surface area contributed by atoms with Crippen molar-refractivity contribution in [2.45, 2.75) is 20.3 Å². The fraction of sp³-hybridized carbons (Fsp3) is 0.438. The lowest BCUT2D eigenvalue weighted by atomic mass is 10.1. The topological polar surface area (TPSA) is 25.4 Å². The zero-order valence-electron chi connectivity index (χ0n) is 12.2. The number of para-hydroxylation sites is 1. The van der Waals surface area contributed by atoms with Gasteiger partial charge in [0.15, 0.2) is 0 Å². The molecule has 0 aliphatic rings. The van der Waals surface area contributed by atoms with Crippen molar-refractivity contribution in [3.05, 3.63) is 35.5 Å². The number of fused-ring (bicyclic) bond motifs is 1. The van der Waals surface area contributed by atoms with Crippen molar-refractivity contribution in [1.29, 1.82) is 0 Å². The van der Waals surface area contributed by atoms with Gasteiger partial charge in [0, 0.05) is 23.7 Å². The SMILES string of the molecule is Cc1cc(OCCCN(C)C)c2cccc(C)c2n1. The maximum Gasteiger partial charge on any atom is 0.130 e. The van der Waals surface area contributed by atoms with Crippen LogP contribution in [0.3, 0.4) is 0 Å². The first-order valence-corrected chi connectivity index (χ1v) is 6.72. The Balaban J connectivity index is 2.20. The molecule has 0 fully saturated rings. The number of aryl methyl sites for hydroxylation is 2. The summed E-state index contributed by atoms with van der Waals surface area (Å²) in [7, 11) is 4.16. The second kappa shape index (κ2) is 6.02. The maximum atomic E-state index is 5.94. The molecule has 1 heterocycles. The van der Waals surface area contributed by atoms with E-state index in [0.29, 0.717) is 0 Å². The van der Waals surface area contributed by atoms with E-state index in [-0.39, 0.29) is 0 Å². The van der Waals surface area contributed by atoms with E-state index in [1.807, 2.05) is 13.0 Å². The van der Waals surface area contributed by atoms with Crippen molar-refractivity contribution >= 4 is 10.9 Å². The summed E-state index contributed by atoms with van der Waals surface area (Å²) in [6.45, 7) is 5.88. The smallest absolute Gasteiger partial charge is 0.130 e. The van der Waals surface area contributed by atoms with Gasteiger partial charge in [-0.2, -0.15) is 0 Å². The number of aromatic nitrogens is 1. The molecule has 0 amide bonds. The Labute approximate surface area is 115 Å². The first kappa shape index (κ1) is 13.8. The molecule has 0 spiro atoms. The average Bonchev–Trinajstić information content (AvgIpc) is 2.35. The molecule has 2 aromatic rings. The predicted molar refractivity (Wildman–Crippen MR) is 79.9 cm³/mol. The monoisotopic (exact) mass is 258 g/mol. The normalized spacial score (nSPS) is 11.2. The number of pyridine rings is 1. The number of ether oxygens (including phenoxy) is 1. The minimum atomic E-state index is 0.741. The van der Waals surface area contributed by atoms with Crippen LogP contribution in [0.1, 0.15) is 17.7 Å². The fourth-order valence-corrected chi connectivity index (χ4v) is 2.16. The number of hydrogen-bond donors (Lipinski definition) is 0. The Bertz CT molecular complexity index is 564. The average molecular weight is 258 g/mol. The van der Waals surface area contributed by atoms with E-state index in [2.05, 4.69) is 49.1 Å². The highest BCUT2D eigenvalue weighted by Gasteiger charge is 2.06. The summed E-state index contributed by atoms with van der Waals surface area (Å²) in [5.74, 6) is 0.949. The van der Waals surface area contributed by atoms with Gasteiger partial charge in [0.2, 0.25) is 0 Å². The maximum absolute atomic E-state index is 5.94. The molecule has 1 aromatic carbocycles. The van der Waals surface area contributed by atoms with Crippen LogP contribution in [0.25, 0.3) is 10.9 Å². The molecule has 102 valence electrons. The largest absolute Gasteiger partial charge is 0.493 e. The molecule has 0 atom stereocenters. The summed E-state index contributed by atoms with van der Waals surface area (Å²) < 4.78 is 5.94. The zero-order chi connectivity index (χ0) is 13.8. The second-order valence-electron chi connectivity index (χ2n) is 5.24. The fourth-order valence-electron chi connectivity index (χ4n) is 2.16. The van der Waals surface area contributed by atoms with Gasteiger partial charge >= 0.3 is 0 Å². The van der Waals surface area contributed by atoms with E-state index in [4.69, 9.17) is 4.74 Å². The van der Waals surface area contributed by atoms with Crippen molar-refractivity contribution in [2.75, 3.05) is 27.2 Å². The molecule has 0 saturated heterocycles. The van der Waals surface area contributed by atoms with Crippen molar-refractivity contribution < 1.29 is 4.74 Å². The third-order valence-electron chi connectivity index (χ3n) is 3.14. The van der Waals surface area contributed by atoms with E-state index in [0.717, 1.165) is 41.9 Å². The molecule has 2 rings (SSSR count). The molecule has 3 nitrogen and oxygen atoms in total. The molecule has 0 bridgehead atoms. The Kier molecular flexibility index (Phi) is 4.38. The van der Waals surface area contributed by atoms with E-state index in [1.165, 1.54) is 5.56 Å². The molecule has 0 saturated carbocycles. The third kappa shape index (κ3) is 3.44. The van der Waals surface area contributed by atoms with Crippen LogP contribution in [0.5, 0.6) is 5.75 Å². The molecule has 0 aliphatic carbocycles. The quantitative estimate of drug-likeness (QED) is 0.770. The van der Waals surface area contributed by atoms with E-state index < -0.39 is 0 Å². The van der Waals surface area contributed by atoms with Gasteiger partial charge in [0.05, 0.1) is 12.1 Å². The molecule has 0 aliphatic heterocycles. The highest BCUT2D eigenvalue weighted by Crippen LogP contribution is 2.27. The highest BCUT2D eigenvalue weighted by atomic mass is 16.5. The summed E-state index contributed by atoms with van der Waals surface area (Å²) in [5.41, 5.74) is 3.24. The summed E-state index contributed by atoms with van der Waals surface area (Å²) in [6.07, 6.45) is 1.03. The summed E-state index contributed by atoms with van der Waals surface area (Å²) in [6, 6.07) is 8.25. The number of benzene rings is 1. The van der Waals surface area contributed by atoms with Gasteiger partial charge in [0.25, 0.3) is 0 Å². The summed E-state index contributed by atoms with van der Waals surface area (Å²) in [4.78, 5) is 6.77. The van der Waals surface area contributed by atoms with Crippen LogP contribution in [-0.2, 0) is 0 Å². The van der Waals surface area contributed by atoms with Crippen molar-refractivity contribution in [1.82, 2.24) is 9.88 Å². The van der Waals surface area contributed by atoms with E-state index >= 15 is 0 Å². The minimum Gasteiger partial charge on any atom is -0.493 e. The van der Waals surface area contributed by atoms with Crippen molar-refractivity contribution in [2.24, 2.45) is 0 Å². The molecular formula is C16H22N2O. The van der Waals surface area contributed by atoms with Crippen LogP contribution in [0, 0.1) is 13.8 Å². The first-order chi connectivity index (χ1) is 9.08.